The van der Waals surface area contributed by atoms with Gasteiger partial charge in [0.25, 0.3) is 0 Å². The highest BCUT2D eigenvalue weighted by Gasteiger charge is 2.36. The maximum absolute atomic E-state index is 10.7. The van der Waals surface area contributed by atoms with Crippen LogP contribution in [0.5, 0.6) is 0 Å². The smallest absolute Gasteiger partial charge is 0.382 e. The van der Waals surface area contributed by atoms with Gasteiger partial charge in [-0.05, 0) is 0 Å². The molecule has 0 aromatic heterocycles. The maximum Gasteiger partial charge on any atom is 0.400 e. The van der Waals surface area contributed by atoms with Gasteiger partial charge in [0.1, 0.15) is 12.2 Å². The third-order valence-corrected chi connectivity index (χ3v) is 2.57. The quantitative estimate of drug-likeness (QED) is 0.614. The summed E-state index contributed by atoms with van der Waals surface area (Å²) in [6, 6.07) is 0. The van der Waals surface area contributed by atoms with Crippen LogP contribution in [-0.2, 0) is 28.2 Å². The fraction of sp³-hybridized carbons (Fsp3) is 1.00. The highest BCUT2D eigenvalue weighted by Crippen LogP contribution is 2.17. The van der Waals surface area contributed by atoms with E-state index in [9.17, 15) is 8.42 Å². The molecule has 0 bridgehead atoms. The maximum atomic E-state index is 10.7. The van der Waals surface area contributed by atoms with Gasteiger partial charge in [0.05, 0.1) is 13.2 Å². The van der Waals surface area contributed by atoms with Crippen molar-refractivity contribution in [2.24, 2.45) is 0 Å². The van der Waals surface area contributed by atoms with E-state index in [0.717, 1.165) is 0 Å². The average molecular weight is 212 g/mol. The first-order valence-corrected chi connectivity index (χ1v) is 5.02. The molecule has 0 saturated carbocycles. The number of rotatable bonds is 4. The summed E-state index contributed by atoms with van der Waals surface area (Å²) in [5.74, 6) is 0. The Bertz CT molecular complexity index is 248. The van der Waals surface area contributed by atoms with Crippen molar-refractivity contribution < 1.29 is 26.3 Å². The van der Waals surface area contributed by atoms with Crippen molar-refractivity contribution >= 4 is 10.4 Å². The molecule has 78 valence electrons. The summed E-state index contributed by atoms with van der Waals surface area (Å²) in [4.78, 5) is 0. The molecule has 0 N–H and O–H groups in total. The molecule has 2 unspecified atom stereocenters. The first-order chi connectivity index (χ1) is 6.09. The van der Waals surface area contributed by atoms with Crippen LogP contribution in [0.4, 0.5) is 0 Å². The largest absolute Gasteiger partial charge is 0.400 e. The number of ether oxygens (including phenoxy) is 2. The van der Waals surface area contributed by atoms with Crippen molar-refractivity contribution in [1.29, 1.82) is 0 Å². The van der Waals surface area contributed by atoms with Crippen molar-refractivity contribution in [3.05, 3.63) is 0 Å². The molecule has 1 saturated heterocycles. The van der Waals surface area contributed by atoms with Gasteiger partial charge in [-0.1, -0.05) is 0 Å². The van der Waals surface area contributed by atoms with E-state index in [1.807, 2.05) is 0 Å². The SMILES string of the molecule is COCC(OC)C1COS(=O)(=O)O1. The second-order valence-corrected chi connectivity index (χ2v) is 3.80. The lowest BCUT2D eigenvalue weighted by atomic mass is 10.2. The normalized spacial score (nSPS) is 28.9. The van der Waals surface area contributed by atoms with Crippen LogP contribution in [0.3, 0.4) is 0 Å². The first-order valence-electron chi connectivity index (χ1n) is 3.68. The molecular formula is C6H12O6S. The highest BCUT2D eigenvalue weighted by molar-refractivity contribution is 7.82. The van der Waals surface area contributed by atoms with Crippen molar-refractivity contribution in [3.63, 3.8) is 0 Å². The fourth-order valence-corrected chi connectivity index (χ4v) is 1.86. The van der Waals surface area contributed by atoms with Crippen LogP contribution in [0, 0.1) is 0 Å². The first kappa shape index (κ1) is 10.9. The van der Waals surface area contributed by atoms with Gasteiger partial charge >= 0.3 is 10.4 Å². The van der Waals surface area contributed by atoms with Gasteiger partial charge in [-0.15, -0.1) is 0 Å². The fourth-order valence-electron chi connectivity index (χ4n) is 1.02. The summed E-state index contributed by atoms with van der Waals surface area (Å²) < 4.78 is 40.2. The van der Waals surface area contributed by atoms with Crippen molar-refractivity contribution in [2.45, 2.75) is 12.2 Å². The topological polar surface area (TPSA) is 71.1 Å². The van der Waals surface area contributed by atoms with Crippen LogP contribution in [0.25, 0.3) is 0 Å². The molecule has 1 aliphatic rings. The van der Waals surface area contributed by atoms with Gasteiger partial charge in [0, 0.05) is 14.2 Å². The zero-order chi connectivity index (χ0) is 9.90. The van der Waals surface area contributed by atoms with Crippen LogP contribution in [-0.4, -0.2) is 48.1 Å². The summed E-state index contributed by atoms with van der Waals surface area (Å²) in [5.41, 5.74) is 0. The molecule has 0 spiro atoms. The minimum atomic E-state index is -3.80. The Morgan fingerprint density at radius 1 is 1.54 bits per heavy atom. The summed E-state index contributed by atoms with van der Waals surface area (Å²) in [5, 5.41) is 0. The zero-order valence-electron chi connectivity index (χ0n) is 7.43. The molecule has 1 aliphatic heterocycles. The minimum absolute atomic E-state index is 0.0236. The van der Waals surface area contributed by atoms with Gasteiger partial charge < -0.3 is 9.47 Å². The Kier molecular flexibility index (Phi) is 3.63. The molecule has 13 heavy (non-hydrogen) atoms. The molecule has 0 amide bonds. The van der Waals surface area contributed by atoms with E-state index < -0.39 is 22.6 Å². The molecule has 0 aliphatic carbocycles. The highest BCUT2D eigenvalue weighted by atomic mass is 32.3. The number of hydrogen-bond donors (Lipinski definition) is 0. The van der Waals surface area contributed by atoms with Gasteiger partial charge in [0.2, 0.25) is 0 Å². The van der Waals surface area contributed by atoms with E-state index in [1.165, 1.54) is 14.2 Å². The van der Waals surface area contributed by atoms with Crippen molar-refractivity contribution in [3.8, 4) is 0 Å². The number of methoxy groups -OCH3 is 2. The molecule has 0 radical (unpaired) electrons. The van der Waals surface area contributed by atoms with Gasteiger partial charge in [0.15, 0.2) is 0 Å². The molecule has 7 heteroatoms. The van der Waals surface area contributed by atoms with E-state index in [2.05, 4.69) is 8.37 Å². The molecule has 1 heterocycles. The minimum Gasteiger partial charge on any atom is -0.382 e. The van der Waals surface area contributed by atoms with E-state index in [1.54, 1.807) is 0 Å². The molecule has 0 aromatic carbocycles. The van der Waals surface area contributed by atoms with E-state index in [0.29, 0.717) is 0 Å². The lowest BCUT2D eigenvalue weighted by Gasteiger charge is -2.17. The average Bonchev–Trinajstić information content (AvgIpc) is 2.42. The second-order valence-electron chi connectivity index (χ2n) is 2.56. The molecule has 0 aromatic rings. The molecule has 2 atom stereocenters. The summed E-state index contributed by atoms with van der Waals surface area (Å²) >= 11 is 0. The molecular weight excluding hydrogens is 200 g/mol. The van der Waals surface area contributed by atoms with Crippen LogP contribution < -0.4 is 0 Å². The van der Waals surface area contributed by atoms with Crippen LogP contribution in [0.15, 0.2) is 0 Å². The van der Waals surface area contributed by atoms with Crippen LogP contribution in [0.2, 0.25) is 0 Å². The Labute approximate surface area is 77.1 Å². The lowest BCUT2D eigenvalue weighted by molar-refractivity contribution is -0.0332. The predicted molar refractivity (Wildman–Crippen MR) is 42.4 cm³/mol. The Hall–Kier alpha value is -0.210. The van der Waals surface area contributed by atoms with Crippen LogP contribution >= 0.6 is 0 Å². The van der Waals surface area contributed by atoms with Gasteiger partial charge in [-0.2, -0.15) is 8.42 Å². The number of hydrogen-bond acceptors (Lipinski definition) is 6. The van der Waals surface area contributed by atoms with Crippen molar-refractivity contribution in [2.75, 3.05) is 27.4 Å². The molecule has 1 fully saturated rings. The third kappa shape index (κ3) is 2.89. The second kappa shape index (κ2) is 4.34. The van der Waals surface area contributed by atoms with Gasteiger partial charge in [-0.3, -0.25) is 0 Å². The van der Waals surface area contributed by atoms with E-state index >= 15 is 0 Å². The summed E-state index contributed by atoms with van der Waals surface area (Å²) in [7, 11) is -0.852. The Morgan fingerprint density at radius 3 is 2.62 bits per heavy atom. The van der Waals surface area contributed by atoms with Crippen molar-refractivity contribution in [1.82, 2.24) is 0 Å². The Balaban J connectivity index is 2.52. The zero-order valence-corrected chi connectivity index (χ0v) is 8.24. The van der Waals surface area contributed by atoms with Gasteiger partial charge in [-0.25, -0.2) is 8.37 Å². The molecule has 1 rings (SSSR count). The lowest BCUT2D eigenvalue weighted by Crippen LogP contribution is -2.34. The Morgan fingerprint density at radius 2 is 2.23 bits per heavy atom. The van der Waals surface area contributed by atoms with E-state index in [-0.39, 0.29) is 13.2 Å². The summed E-state index contributed by atoms with van der Waals surface area (Å²) in [6.07, 6.45) is -1.04. The van der Waals surface area contributed by atoms with Crippen LogP contribution in [0.1, 0.15) is 0 Å². The monoisotopic (exact) mass is 212 g/mol. The van der Waals surface area contributed by atoms with E-state index in [4.69, 9.17) is 9.47 Å². The summed E-state index contributed by atoms with van der Waals surface area (Å²) in [6.45, 7) is 0.240. The standard InChI is InChI=1S/C6H12O6S/c1-9-3-5(10-2)6-4-11-13(7,8)12-6/h5-6H,3-4H2,1-2H3. The molecule has 6 nitrogen and oxygen atoms in total. The predicted octanol–water partition coefficient (Wildman–Crippen LogP) is -0.692. The third-order valence-electron chi connectivity index (χ3n) is 1.67.